The lowest BCUT2D eigenvalue weighted by molar-refractivity contribution is -0.113. The van der Waals surface area contributed by atoms with E-state index in [1.807, 2.05) is 54.8 Å². The van der Waals surface area contributed by atoms with E-state index < -0.39 is 0 Å². The summed E-state index contributed by atoms with van der Waals surface area (Å²) in [5.41, 5.74) is 4.84. The van der Waals surface area contributed by atoms with Gasteiger partial charge in [0.05, 0.1) is 16.9 Å². The summed E-state index contributed by atoms with van der Waals surface area (Å²) in [6, 6.07) is 15.9. The number of aryl methyl sites for hydroxylation is 1. The van der Waals surface area contributed by atoms with Gasteiger partial charge in [0.15, 0.2) is 0 Å². The van der Waals surface area contributed by atoms with Crippen molar-refractivity contribution >= 4 is 44.9 Å². The van der Waals surface area contributed by atoms with Gasteiger partial charge in [-0.15, -0.1) is 23.1 Å². The Hall–Kier alpha value is -2.90. The summed E-state index contributed by atoms with van der Waals surface area (Å²) in [6.45, 7) is 6.24. The number of amides is 1. The van der Waals surface area contributed by atoms with Crippen LogP contribution in [-0.4, -0.2) is 21.6 Å². The predicted octanol–water partition coefficient (Wildman–Crippen LogP) is 5.96. The number of aromatic amines is 1. The molecule has 0 saturated heterocycles. The Bertz CT molecular complexity index is 1310. The molecular weight excluding hydrogens is 438 g/mol. The van der Waals surface area contributed by atoms with Gasteiger partial charge in [0.2, 0.25) is 5.91 Å². The Morgan fingerprint density at radius 1 is 1.16 bits per heavy atom. The minimum Gasteiger partial charge on any atom is -0.325 e. The number of benzene rings is 2. The first-order valence-electron chi connectivity index (χ1n) is 10.5. The zero-order valence-corrected chi connectivity index (χ0v) is 19.9. The van der Waals surface area contributed by atoms with E-state index in [-0.39, 0.29) is 17.2 Å². The molecule has 2 aromatic heterocycles. The van der Waals surface area contributed by atoms with Crippen molar-refractivity contribution in [2.24, 2.45) is 0 Å². The van der Waals surface area contributed by atoms with Crippen molar-refractivity contribution in [3.8, 4) is 11.1 Å². The Kier molecular flexibility index (Phi) is 6.77. The smallest absolute Gasteiger partial charge is 0.260 e. The van der Waals surface area contributed by atoms with Crippen molar-refractivity contribution in [3.63, 3.8) is 0 Å². The van der Waals surface area contributed by atoms with Crippen molar-refractivity contribution in [1.29, 1.82) is 0 Å². The number of anilines is 1. The van der Waals surface area contributed by atoms with Crippen LogP contribution in [0, 0.1) is 6.92 Å². The quantitative estimate of drug-likeness (QED) is 0.355. The van der Waals surface area contributed by atoms with Crippen molar-refractivity contribution in [3.05, 3.63) is 81.2 Å². The zero-order valence-electron chi connectivity index (χ0n) is 18.3. The summed E-state index contributed by atoms with van der Waals surface area (Å²) in [7, 11) is 0. The second kappa shape index (κ2) is 9.71. The molecule has 4 rings (SSSR count). The fourth-order valence-electron chi connectivity index (χ4n) is 3.65. The molecule has 2 heterocycles. The average Bonchev–Trinajstić information content (AvgIpc) is 3.20. The standard InChI is InChI=1S/C25H25N3O2S2/c1-15(2)18-11-7-8-16(3)23(18)28-21(29)14-31-13-20-26-24(30)22-19(12-32-25(22)27-20)17-9-5-4-6-10-17/h4-12,15H,13-14H2,1-3H3,(H,28,29)(H,26,27,30). The summed E-state index contributed by atoms with van der Waals surface area (Å²) in [6.07, 6.45) is 0. The minimum atomic E-state index is -0.142. The summed E-state index contributed by atoms with van der Waals surface area (Å²) >= 11 is 2.90. The maximum Gasteiger partial charge on any atom is 0.260 e. The van der Waals surface area contributed by atoms with Crippen LogP contribution in [0.3, 0.4) is 0 Å². The van der Waals surface area contributed by atoms with Gasteiger partial charge in [0.25, 0.3) is 5.56 Å². The number of thiophene rings is 1. The molecule has 0 bridgehead atoms. The summed E-state index contributed by atoms with van der Waals surface area (Å²) < 4.78 is 0. The highest BCUT2D eigenvalue weighted by molar-refractivity contribution is 7.99. The molecule has 164 valence electrons. The monoisotopic (exact) mass is 463 g/mol. The van der Waals surface area contributed by atoms with E-state index in [1.165, 1.54) is 23.1 Å². The average molecular weight is 464 g/mol. The number of thioether (sulfide) groups is 1. The van der Waals surface area contributed by atoms with Gasteiger partial charge in [-0.25, -0.2) is 4.98 Å². The Morgan fingerprint density at radius 3 is 2.69 bits per heavy atom. The van der Waals surface area contributed by atoms with Gasteiger partial charge >= 0.3 is 0 Å². The highest BCUT2D eigenvalue weighted by Gasteiger charge is 2.14. The number of rotatable bonds is 7. The van der Waals surface area contributed by atoms with Gasteiger partial charge in [-0.2, -0.15) is 0 Å². The lowest BCUT2D eigenvalue weighted by Crippen LogP contribution is -2.17. The fourth-order valence-corrected chi connectivity index (χ4v) is 5.31. The zero-order chi connectivity index (χ0) is 22.7. The maximum absolute atomic E-state index is 12.8. The second-order valence-electron chi connectivity index (χ2n) is 7.94. The van der Waals surface area contributed by atoms with Crippen LogP contribution in [0.4, 0.5) is 5.69 Å². The van der Waals surface area contributed by atoms with Gasteiger partial charge in [-0.3, -0.25) is 9.59 Å². The molecule has 0 radical (unpaired) electrons. The van der Waals surface area contributed by atoms with Crippen LogP contribution in [0.2, 0.25) is 0 Å². The van der Waals surface area contributed by atoms with E-state index in [9.17, 15) is 9.59 Å². The van der Waals surface area contributed by atoms with Crippen LogP contribution >= 0.6 is 23.1 Å². The van der Waals surface area contributed by atoms with Crippen molar-refractivity contribution < 1.29 is 4.79 Å². The molecule has 0 aliphatic rings. The maximum atomic E-state index is 12.8. The number of carbonyl (C=O) groups is 1. The molecule has 2 aromatic carbocycles. The van der Waals surface area contributed by atoms with Crippen LogP contribution < -0.4 is 10.9 Å². The molecule has 0 atom stereocenters. The number of hydrogen-bond acceptors (Lipinski definition) is 5. The van der Waals surface area contributed by atoms with E-state index in [2.05, 4.69) is 35.2 Å². The minimum absolute atomic E-state index is 0.0582. The second-order valence-corrected chi connectivity index (χ2v) is 9.79. The summed E-state index contributed by atoms with van der Waals surface area (Å²) in [4.78, 5) is 33.5. The molecule has 0 saturated carbocycles. The number of fused-ring (bicyclic) bond motifs is 1. The van der Waals surface area contributed by atoms with Crippen LogP contribution in [0.5, 0.6) is 0 Å². The third kappa shape index (κ3) is 4.79. The van der Waals surface area contributed by atoms with Crippen molar-refractivity contribution in [2.45, 2.75) is 32.4 Å². The molecule has 0 aliphatic carbocycles. The molecule has 5 nitrogen and oxygen atoms in total. The molecule has 0 unspecified atom stereocenters. The van der Waals surface area contributed by atoms with E-state index in [0.29, 0.717) is 27.7 Å². The van der Waals surface area contributed by atoms with Crippen LogP contribution in [0.15, 0.2) is 58.7 Å². The normalized spacial score (nSPS) is 11.2. The van der Waals surface area contributed by atoms with Gasteiger partial charge in [0.1, 0.15) is 10.7 Å². The molecule has 7 heteroatoms. The van der Waals surface area contributed by atoms with Crippen LogP contribution in [0.25, 0.3) is 21.3 Å². The Balaban J connectivity index is 1.43. The van der Waals surface area contributed by atoms with E-state index in [4.69, 9.17) is 0 Å². The van der Waals surface area contributed by atoms with Gasteiger partial charge in [0, 0.05) is 16.6 Å². The number of hydrogen-bond donors (Lipinski definition) is 2. The van der Waals surface area contributed by atoms with E-state index in [0.717, 1.165) is 27.9 Å². The van der Waals surface area contributed by atoms with E-state index >= 15 is 0 Å². The number of nitrogens with zero attached hydrogens (tertiary/aromatic N) is 1. The van der Waals surface area contributed by atoms with Gasteiger partial charge in [-0.1, -0.05) is 62.4 Å². The van der Waals surface area contributed by atoms with Crippen LogP contribution in [-0.2, 0) is 10.5 Å². The van der Waals surface area contributed by atoms with Crippen molar-refractivity contribution in [2.75, 3.05) is 11.1 Å². The number of H-pyrrole nitrogens is 1. The van der Waals surface area contributed by atoms with Crippen molar-refractivity contribution in [1.82, 2.24) is 9.97 Å². The topological polar surface area (TPSA) is 74.8 Å². The molecule has 0 aliphatic heterocycles. The highest BCUT2D eigenvalue weighted by atomic mass is 32.2. The molecule has 0 spiro atoms. The number of carbonyl (C=O) groups excluding carboxylic acids is 1. The molecular formula is C25H25N3O2S2. The largest absolute Gasteiger partial charge is 0.325 e. The third-order valence-electron chi connectivity index (χ3n) is 5.24. The van der Waals surface area contributed by atoms with Gasteiger partial charge in [-0.05, 0) is 29.5 Å². The Labute approximate surface area is 195 Å². The van der Waals surface area contributed by atoms with Crippen LogP contribution in [0.1, 0.15) is 36.7 Å². The first kappa shape index (κ1) is 22.3. The number of aromatic nitrogens is 2. The number of para-hydroxylation sites is 1. The Morgan fingerprint density at radius 2 is 1.94 bits per heavy atom. The lowest BCUT2D eigenvalue weighted by Gasteiger charge is -2.16. The number of nitrogens with one attached hydrogen (secondary N) is 2. The fraction of sp³-hybridized carbons (Fsp3) is 0.240. The summed E-state index contributed by atoms with van der Waals surface area (Å²) in [5, 5.41) is 5.65. The summed E-state index contributed by atoms with van der Waals surface area (Å²) in [5.74, 6) is 1.60. The molecule has 0 fully saturated rings. The molecule has 2 N–H and O–H groups in total. The SMILES string of the molecule is Cc1cccc(C(C)C)c1NC(=O)CSCc1nc2scc(-c3ccccc3)c2c(=O)[nH]1. The third-order valence-corrected chi connectivity index (χ3v) is 7.06. The first-order chi connectivity index (χ1) is 15.4. The van der Waals surface area contributed by atoms with E-state index in [1.54, 1.807) is 0 Å². The molecule has 4 aromatic rings. The highest BCUT2D eigenvalue weighted by Crippen LogP contribution is 2.31. The lowest BCUT2D eigenvalue weighted by atomic mass is 9.98. The molecule has 32 heavy (non-hydrogen) atoms. The first-order valence-corrected chi connectivity index (χ1v) is 12.5. The molecule has 1 amide bonds. The predicted molar refractivity (Wildman–Crippen MR) is 136 cm³/mol. The van der Waals surface area contributed by atoms with Gasteiger partial charge < -0.3 is 10.3 Å².